The van der Waals surface area contributed by atoms with Gasteiger partial charge in [-0.2, -0.15) is 0 Å². The predicted octanol–water partition coefficient (Wildman–Crippen LogP) is 5.02. The highest BCUT2D eigenvalue weighted by molar-refractivity contribution is 6.43. The molecule has 0 fully saturated rings. The number of aromatic hydroxyl groups is 1. The van der Waals surface area contributed by atoms with Crippen LogP contribution in [-0.2, 0) is 4.65 Å². The molecule has 2 heterocycles. The van der Waals surface area contributed by atoms with E-state index in [0.29, 0.717) is 24.7 Å². The lowest BCUT2D eigenvalue weighted by atomic mass is 9.77. The van der Waals surface area contributed by atoms with E-state index in [4.69, 9.17) is 4.65 Å². The van der Waals surface area contributed by atoms with Crippen LogP contribution in [0.15, 0.2) is 66.4 Å². The third-order valence-corrected chi connectivity index (χ3v) is 5.03. The summed E-state index contributed by atoms with van der Waals surface area (Å²) >= 11 is 0. The van der Waals surface area contributed by atoms with Crippen molar-refractivity contribution in [3.8, 4) is 5.75 Å². The van der Waals surface area contributed by atoms with Crippen molar-refractivity contribution >= 4 is 18.8 Å². The smallest absolute Gasteiger partial charge is 0.458 e. The second-order valence-corrected chi connectivity index (χ2v) is 7.07. The molecule has 3 rings (SSSR count). The fourth-order valence-corrected chi connectivity index (χ4v) is 3.40. The molecular weight excluding hydrogens is 368 g/mol. The Balaban J connectivity index is 1.86. The van der Waals surface area contributed by atoms with Gasteiger partial charge in [-0.3, -0.25) is 4.98 Å². The predicted molar refractivity (Wildman–Crippen MR) is 115 cm³/mol. The molecule has 1 aliphatic rings. The number of benzene rings is 1. The number of phenolic OH excluding ortho intramolecular Hbond substituents is 1. The topological polar surface area (TPSA) is 62.6 Å². The molecule has 6 heteroatoms. The summed E-state index contributed by atoms with van der Waals surface area (Å²) in [7, 11) is -0.818. The highest BCUT2D eigenvalue weighted by atomic mass is 19.1. The van der Waals surface area contributed by atoms with Crippen LogP contribution in [0.1, 0.15) is 37.4 Å². The Morgan fingerprint density at radius 1 is 1.38 bits per heavy atom. The summed E-state index contributed by atoms with van der Waals surface area (Å²) in [6.07, 6.45) is 7.85. The molecule has 0 saturated carbocycles. The summed E-state index contributed by atoms with van der Waals surface area (Å²) in [4.78, 5) is 4.43. The molecule has 0 aliphatic carbocycles. The zero-order chi connectivity index (χ0) is 20.8. The van der Waals surface area contributed by atoms with Gasteiger partial charge in [0.25, 0.3) is 0 Å². The van der Waals surface area contributed by atoms with Crippen molar-refractivity contribution in [3.63, 3.8) is 0 Å². The van der Waals surface area contributed by atoms with E-state index in [2.05, 4.69) is 11.6 Å². The number of halogens is 1. The third-order valence-electron chi connectivity index (χ3n) is 5.03. The molecule has 2 aromatic rings. The Morgan fingerprint density at radius 3 is 2.90 bits per heavy atom. The minimum atomic E-state index is -0.818. The lowest BCUT2D eigenvalue weighted by Gasteiger charge is -2.28. The second-order valence-electron chi connectivity index (χ2n) is 7.07. The number of hydrogen-bond acceptors (Lipinski definition) is 4. The fraction of sp³-hybridized carbons (Fsp3) is 0.261. The number of nitrogens with zero attached hydrogens (tertiary/aromatic N) is 1. The van der Waals surface area contributed by atoms with Gasteiger partial charge >= 0.3 is 7.12 Å². The molecule has 0 bridgehead atoms. The van der Waals surface area contributed by atoms with Gasteiger partial charge in [-0.15, -0.1) is 0 Å². The van der Waals surface area contributed by atoms with Crippen LogP contribution < -0.4 is 0 Å². The summed E-state index contributed by atoms with van der Waals surface area (Å²) in [6, 6.07) is 9.94. The zero-order valence-corrected chi connectivity index (χ0v) is 16.5. The fourth-order valence-electron chi connectivity index (χ4n) is 3.40. The second kappa shape index (κ2) is 9.68. The van der Waals surface area contributed by atoms with Crippen LogP contribution in [-0.4, -0.2) is 28.3 Å². The van der Waals surface area contributed by atoms with Crippen LogP contribution in [0, 0.1) is 5.82 Å². The zero-order valence-electron chi connectivity index (χ0n) is 16.5. The quantitative estimate of drug-likeness (QED) is 0.649. The van der Waals surface area contributed by atoms with Gasteiger partial charge in [-0.25, -0.2) is 4.39 Å². The Hall–Kier alpha value is -2.70. The number of phenols is 1. The largest absolute Gasteiger partial charge is 0.505 e. The SMILES string of the molecule is C=C(CC)C1=CCB(O)OC1CC/C(=C/c1ccc(O)c(F)c1)c1ccccn1. The number of allylic oxidation sites excluding steroid dienone is 2. The number of rotatable bonds is 7. The van der Waals surface area contributed by atoms with Gasteiger partial charge in [0.15, 0.2) is 11.6 Å². The van der Waals surface area contributed by atoms with Gasteiger partial charge in [0.2, 0.25) is 0 Å². The third kappa shape index (κ3) is 5.43. The van der Waals surface area contributed by atoms with Gasteiger partial charge in [0, 0.05) is 12.5 Å². The standard InChI is InChI=1S/C23H25BFNO3/c1-3-16(2)19-11-12-24(28)29-23(19)10-8-18(21-6-4-5-13-26-21)14-17-7-9-22(27)20(25)15-17/h4-7,9,11,13-15,23,27-28H,2-3,8,10,12H2,1H3/b18-14-. The van der Waals surface area contributed by atoms with Crippen molar-refractivity contribution in [2.75, 3.05) is 0 Å². The van der Waals surface area contributed by atoms with Gasteiger partial charge in [0.05, 0.1) is 11.8 Å². The van der Waals surface area contributed by atoms with Gasteiger partial charge in [0.1, 0.15) is 0 Å². The van der Waals surface area contributed by atoms with Gasteiger partial charge in [-0.1, -0.05) is 37.3 Å². The van der Waals surface area contributed by atoms with Crippen molar-refractivity contribution in [3.05, 3.63) is 83.5 Å². The molecule has 4 nitrogen and oxygen atoms in total. The molecule has 0 spiro atoms. The summed E-state index contributed by atoms with van der Waals surface area (Å²) < 4.78 is 19.5. The number of pyridine rings is 1. The minimum Gasteiger partial charge on any atom is -0.505 e. The first-order valence-electron chi connectivity index (χ1n) is 9.80. The molecule has 1 aromatic heterocycles. The van der Waals surface area contributed by atoms with E-state index >= 15 is 0 Å². The van der Waals surface area contributed by atoms with E-state index in [0.717, 1.165) is 28.8 Å². The van der Waals surface area contributed by atoms with Crippen LogP contribution in [0.5, 0.6) is 5.75 Å². The maximum Gasteiger partial charge on any atom is 0.458 e. The van der Waals surface area contributed by atoms with Crippen molar-refractivity contribution in [1.29, 1.82) is 0 Å². The first-order chi connectivity index (χ1) is 14.0. The van der Waals surface area contributed by atoms with E-state index in [-0.39, 0.29) is 11.9 Å². The van der Waals surface area contributed by atoms with Crippen LogP contribution in [0.25, 0.3) is 11.6 Å². The van der Waals surface area contributed by atoms with Crippen LogP contribution in [0.3, 0.4) is 0 Å². The molecule has 29 heavy (non-hydrogen) atoms. The van der Waals surface area contributed by atoms with Crippen molar-refractivity contribution in [2.45, 2.75) is 38.6 Å². The molecule has 2 N–H and O–H groups in total. The van der Waals surface area contributed by atoms with Gasteiger partial charge < -0.3 is 14.8 Å². The van der Waals surface area contributed by atoms with Crippen LogP contribution >= 0.6 is 0 Å². The number of hydrogen-bond donors (Lipinski definition) is 2. The molecule has 1 atom stereocenters. The summed E-state index contributed by atoms with van der Waals surface area (Å²) in [6.45, 7) is 6.17. The van der Waals surface area contributed by atoms with Crippen LogP contribution in [0.4, 0.5) is 4.39 Å². The average Bonchev–Trinajstić information content (AvgIpc) is 2.73. The monoisotopic (exact) mass is 393 g/mol. The normalized spacial score (nSPS) is 17.2. The molecule has 0 saturated heterocycles. The minimum absolute atomic E-state index is 0.255. The summed E-state index contributed by atoms with van der Waals surface area (Å²) in [5, 5.41) is 19.4. The highest BCUT2D eigenvalue weighted by Crippen LogP contribution is 2.31. The first kappa shape index (κ1) is 21.0. The molecule has 150 valence electrons. The molecule has 0 amide bonds. The Labute approximate surface area is 171 Å². The lowest BCUT2D eigenvalue weighted by molar-refractivity contribution is 0.184. The molecule has 1 unspecified atom stereocenters. The van der Waals surface area contributed by atoms with E-state index in [1.807, 2.05) is 37.3 Å². The average molecular weight is 393 g/mol. The molecule has 0 radical (unpaired) electrons. The molecular formula is C23H25BFNO3. The van der Waals surface area contributed by atoms with Gasteiger partial charge in [-0.05, 0) is 66.3 Å². The van der Waals surface area contributed by atoms with E-state index in [9.17, 15) is 14.5 Å². The number of aromatic nitrogens is 1. The maximum atomic E-state index is 13.8. The maximum absolute atomic E-state index is 13.8. The van der Waals surface area contributed by atoms with Crippen molar-refractivity contribution < 1.29 is 19.2 Å². The molecule has 1 aromatic carbocycles. The Bertz CT molecular complexity index is 927. The highest BCUT2D eigenvalue weighted by Gasteiger charge is 2.28. The Morgan fingerprint density at radius 2 is 2.21 bits per heavy atom. The van der Waals surface area contributed by atoms with Crippen LogP contribution in [0.2, 0.25) is 6.32 Å². The summed E-state index contributed by atoms with van der Waals surface area (Å²) in [5.74, 6) is -1.04. The lowest BCUT2D eigenvalue weighted by Crippen LogP contribution is -2.31. The van der Waals surface area contributed by atoms with E-state index < -0.39 is 12.9 Å². The van der Waals surface area contributed by atoms with E-state index in [1.165, 1.54) is 12.1 Å². The molecule has 1 aliphatic heterocycles. The van der Waals surface area contributed by atoms with Crippen molar-refractivity contribution in [2.24, 2.45) is 0 Å². The van der Waals surface area contributed by atoms with Crippen molar-refractivity contribution in [1.82, 2.24) is 4.98 Å². The summed E-state index contributed by atoms with van der Waals surface area (Å²) in [5.41, 5.74) is 4.39. The Kier molecular flexibility index (Phi) is 7.01. The van der Waals surface area contributed by atoms with E-state index in [1.54, 1.807) is 12.3 Å². The first-order valence-corrected chi connectivity index (χ1v) is 9.80.